The lowest BCUT2D eigenvalue weighted by Crippen LogP contribution is -2.40. The predicted octanol–water partition coefficient (Wildman–Crippen LogP) is 2.23. The highest BCUT2D eigenvalue weighted by Crippen LogP contribution is 2.24. The smallest absolute Gasteiger partial charge is 0.300 e. The second kappa shape index (κ2) is 5.10. The maximum Gasteiger partial charge on any atom is 0.335 e. The van der Waals surface area contributed by atoms with Crippen LogP contribution in [-0.2, 0) is 7.05 Å². The van der Waals surface area contributed by atoms with E-state index in [0.29, 0.717) is 11.3 Å². The molecule has 0 bridgehead atoms. The molecule has 0 unspecified atom stereocenters. The van der Waals surface area contributed by atoms with Crippen LogP contribution in [0.4, 0.5) is 4.39 Å². The van der Waals surface area contributed by atoms with Gasteiger partial charge in [-0.25, -0.2) is 13.8 Å². The van der Waals surface area contributed by atoms with Gasteiger partial charge in [-0.15, -0.1) is 12.6 Å². The summed E-state index contributed by atoms with van der Waals surface area (Å²) in [5, 5.41) is 0.114. The molecule has 20 heavy (non-hydrogen) atoms. The van der Waals surface area contributed by atoms with Crippen molar-refractivity contribution in [1.82, 2.24) is 9.13 Å². The third-order valence-electron chi connectivity index (χ3n) is 3.31. The molecule has 7 heteroatoms. The summed E-state index contributed by atoms with van der Waals surface area (Å²) >= 11 is 9.84. The largest absolute Gasteiger partial charge is 0.335 e. The van der Waals surface area contributed by atoms with E-state index in [9.17, 15) is 14.0 Å². The zero-order valence-corrected chi connectivity index (χ0v) is 12.7. The topological polar surface area (TPSA) is 44.0 Å². The summed E-state index contributed by atoms with van der Waals surface area (Å²) in [5.74, 6) is -0.754. The van der Waals surface area contributed by atoms with E-state index in [1.165, 1.54) is 17.7 Å². The molecule has 0 saturated heterocycles. The van der Waals surface area contributed by atoms with E-state index < -0.39 is 17.1 Å². The minimum Gasteiger partial charge on any atom is -0.300 e. The number of thiol groups is 1. The number of halogens is 2. The summed E-state index contributed by atoms with van der Waals surface area (Å²) in [6, 6.07) is 2.29. The molecule has 0 atom stereocenters. The van der Waals surface area contributed by atoms with Gasteiger partial charge in [-0.3, -0.25) is 4.79 Å². The van der Waals surface area contributed by atoms with Gasteiger partial charge in [0.2, 0.25) is 0 Å². The highest BCUT2D eigenvalue weighted by Gasteiger charge is 2.17. The first-order chi connectivity index (χ1) is 9.25. The van der Waals surface area contributed by atoms with Crippen molar-refractivity contribution in [3.8, 4) is 5.69 Å². The Labute approximate surface area is 124 Å². The Bertz CT molecular complexity index is 789. The molecule has 106 valence electrons. The van der Waals surface area contributed by atoms with Gasteiger partial charge in [-0.2, -0.15) is 0 Å². The lowest BCUT2D eigenvalue weighted by atomic mass is 10.2. The molecule has 2 rings (SSSR count). The van der Waals surface area contributed by atoms with Gasteiger partial charge in [0.1, 0.15) is 5.82 Å². The molecular weight excluding hydrogens is 303 g/mol. The van der Waals surface area contributed by atoms with Crippen molar-refractivity contribution < 1.29 is 4.39 Å². The summed E-state index contributed by atoms with van der Waals surface area (Å²) in [4.78, 5) is 24.7. The van der Waals surface area contributed by atoms with Crippen LogP contribution in [-0.4, -0.2) is 9.13 Å². The number of nitrogens with zero attached hydrogens (tertiary/aromatic N) is 2. The molecule has 0 aliphatic rings. The summed E-state index contributed by atoms with van der Waals surface area (Å²) in [5.41, 5.74) is -0.418. The van der Waals surface area contributed by atoms with Crippen LogP contribution < -0.4 is 11.2 Å². The van der Waals surface area contributed by atoms with Gasteiger partial charge in [0, 0.05) is 23.2 Å². The van der Waals surface area contributed by atoms with Crippen LogP contribution in [0.25, 0.3) is 5.69 Å². The number of benzene rings is 1. The molecular formula is C13H12ClFN2O2S. The zero-order valence-electron chi connectivity index (χ0n) is 11.1. The van der Waals surface area contributed by atoms with Crippen molar-refractivity contribution in [3.63, 3.8) is 0 Å². The standard InChI is InChI=1S/C13H12ClFN2O2S/c1-6-7(2)16(3)13(19)17(12(6)18)10-5-11(20)8(14)4-9(10)15/h4-5,20H,1-3H3. The van der Waals surface area contributed by atoms with Crippen LogP contribution >= 0.6 is 24.2 Å². The molecule has 0 N–H and O–H groups in total. The highest BCUT2D eigenvalue weighted by molar-refractivity contribution is 7.80. The van der Waals surface area contributed by atoms with Gasteiger partial charge in [-0.1, -0.05) is 11.6 Å². The van der Waals surface area contributed by atoms with E-state index in [0.717, 1.165) is 10.6 Å². The lowest BCUT2D eigenvalue weighted by Gasteiger charge is -2.13. The van der Waals surface area contributed by atoms with E-state index in [-0.39, 0.29) is 15.6 Å². The number of hydrogen-bond acceptors (Lipinski definition) is 3. The van der Waals surface area contributed by atoms with Gasteiger partial charge in [0.05, 0.1) is 10.7 Å². The van der Waals surface area contributed by atoms with Gasteiger partial charge in [0.15, 0.2) is 0 Å². The van der Waals surface area contributed by atoms with Crippen LogP contribution in [0, 0.1) is 19.7 Å². The zero-order chi connectivity index (χ0) is 15.2. The maximum absolute atomic E-state index is 14.0. The van der Waals surface area contributed by atoms with Crippen molar-refractivity contribution in [2.24, 2.45) is 7.05 Å². The number of aromatic nitrogens is 2. The summed E-state index contributed by atoms with van der Waals surface area (Å²) < 4.78 is 16.1. The van der Waals surface area contributed by atoms with Crippen molar-refractivity contribution in [3.05, 3.63) is 55.1 Å². The first kappa shape index (κ1) is 14.9. The van der Waals surface area contributed by atoms with Gasteiger partial charge in [-0.05, 0) is 26.0 Å². The van der Waals surface area contributed by atoms with E-state index in [4.69, 9.17) is 11.6 Å². The second-order valence-electron chi connectivity index (χ2n) is 4.45. The minimum atomic E-state index is -0.754. The van der Waals surface area contributed by atoms with Gasteiger partial charge in [0.25, 0.3) is 5.56 Å². The van der Waals surface area contributed by atoms with E-state index in [2.05, 4.69) is 12.6 Å². The van der Waals surface area contributed by atoms with Crippen molar-refractivity contribution in [2.75, 3.05) is 0 Å². The molecule has 0 fully saturated rings. The SMILES string of the molecule is Cc1c(C)n(C)c(=O)n(-c2cc(S)c(Cl)cc2F)c1=O. The Morgan fingerprint density at radius 2 is 1.85 bits per heavy atom. The van der Waals surface area contributed by atoms with Gasteiger partial charge < -0.3 is 4.57 Å². The van der Waals surface area contributed by atoms with Gasteiger partial charge >= 0.3 is 5.69 Å². The molecule has 1 heterocycles. The van der Waals surface area contributed by atoms with Crippen LogP contribution in [0.3, 0.4) is 0 Å². The molecule has 0 spiro atoms. The average Bonchev–Trinajstić information content (AvgIpc) is 2.40. The third-order valence-corrected chi connectivity index (χ3v) is 4.12. The first-order valence-electron chi connectivity index (χ1n) is 5.73. The number of rotatable bonds is 1. The highest BCUT2D eigenvalue weighted by atomic mass is 35.5. The Kier molecular flexibility index (Phi) is 3.80. The van der Waals surface area contributed by atoms with E-state index in [1.807, 2.05) is 0 Å². The molecule has 4 nitrogen and oxygen atoms in total. The van der Waals surface area contributed by atoms with Crippen LogP contribution in [0.2, 0.25) is 5.02 Å². The van der Waals surface area contributed by atoms with Crippen LogP contribution in [0.5, 0.6) is 0 Å². The second-order valence-corrected chi connectivity index (χ2v) is 5.34. The minimum absolute atomic E-state index is 0.114. The summed E-state index contributed by atoms with van der Waals surface area (Å²) in [7, 11) is 1.52. The van der Waals surface area contributed by atoms with Crippen molar-refractivity contribution in [2.45, 2.75) is 18.7 Å². The molecule has 0 amide bonds. The van der Waals surface area contributed by atoms with Crippen molar-refractivity contribution in [1.29, 1.82) is 0 Å². The fourth-order valence-corrected chi connectivity index (χ4v) is 2.20. The van der Waals surface area contributed by atoms with E-state index in [1.54, 1.807) is 13.8 Å². The fraction of sp³-hybridized carbons (Fsp3) is 0.231. The average molecular weight is 315 g/mol. The monoisotopic (exact) mass is 314 g/mol. The molecule has 0 aliphatic carbocycles. The van der Waals surface area contributed by atoms with Crippen LogP contribution in [0.15, 0.2) is 26.6 Å². The summed E-state index contributed by atoms with van der Waals surface area (Å²) in [6.07, 6.45) is 0. The Hall–Kier alpha value is -1.53. The molecule has 0 saturated carbocycles. The molecule has 1 aromatic heterocycles. The molecule has 2 aromatic rings. The Morgan fingerprint density at radius 3 is 2.45 bits per heavy atom. The predicted molar refractivity (Wildman–Crippen MR) is 79.0 cm³/mol. The third kappa shape index (κ3) is 2.19. The molecule has 0 aliphatic heterocycles. The van der Waals surface area contributed by atoms with Crippen LogP contribution in [0.1, 0.15) is 11.3 Å². The quantitative estimate of drug-likeness (QED) is 0.820. The Balaban J connectivity index is 2.95. The fourth-order valence-electron chi connectivity index (χ4n) is 1.86. The summed E-state index contributed by atoms with van der Waals surface area (Å²) in [6.45, 7) is 3.24. The number of hydrogen-bond donors (Lipinski definition) is 1. The van der Waals surface area contributed by atoms with Crippen molar-refractivity contribution >= 4 is 24.2 Å². The first-order valence-corrected chi connectivity index (χ1v) is 6.55. The molecule has 0 radical (unpaired) electrons. The lowest BCUT2D eigenvalue weighted by molar-refractivity contribution is 0.602. The van der Waals surface area contributed by atoms with E-state index >= 15 is 0 Å². The molecule has 1 aromatic carbocycles. The maximum atomic E-state index is 14.0. The normalized spacial score (nSPS) is 10.9. The Morgan fingerprint density at radius 1 is 1.25 bits per heavy atom.